The normalized spacial score (nSPS) is 12.3. The molecular formula is C10H11ClO2S. The summed E-state index contributed by atoms with van der Waals surface area (Å²) in [6.45, 7) is 3.54. The number of halogens is 1. The van der Waals surface area contributed by atoms with Gasteiger partial charge in [0, 0.05) is 5.02 Å². The molecule has 0 aromatic heterocycles. The number of carbonyl (C=O) groups excluding carboxylic acids is 1. The van der Waals surface area contributed by atoms with Crippen LogP contribution in [0.3, 0.4) is 0 Å². The summed E-state index contributed by atoms with van der Waals surface area (Å²) in [4.78, 5) is 10.9. The number of benzene rings is 1. The summed E-state index contributed by atoms with van der Waals surface area (Å²) in [7, 11) is 0. The van der Waals surface area contributed by atoms with Gasteiger partial charge in [0.1, 0.15) is 5.75 Å². The van der Waals surface area contributed by atoms with E-state index >= 15 is 0 Å². The van der Waals surface area contributed by atoms with Crippen molar-refractivity contribution >= 4 is 29.3 Å². The molecule has 0 saturated heterocycles. The SMILES string of the molecule is Cc1ccc(Cl)cc1OC(C)C(=O)S. The minimum atomic E-state index is -0.560. The van der Waals surface area contributed by atoms with Crippen LogP contribution >= 0.6 is 24.2 Å². The minimum absolute atomic E-state index is 0.302. The van der Waals surface area contributed by atoms with Crippen molar-refractivity contribution in [3.63, 3.8) is 0 Å². The Bertz CT molecular complexity index is 352. The first-order valence-corrected chi connectivity index (χ1v) is 4.99. The molecule has 1 rings (SSSR count). The Labute approximate surface area is 93.6 Å². The number of ether oxygens (including phenoxy) is 1. The van der Waals surface area contributed by atoms with Crippen LogP contribution in [0.1, 0.15) is 12.5 Å². The maximum absolute atomic E-state index is 10.9. The zero-order valence-electron chi connectivity index (χ0n) is 7.95. The molecule has 0 heterocycles. The molecule has 1 atom stereocenters. The fourth-order valence-electron chi connectivity index (χ4n) is 0.942. The van der Waals surface area contributed by atoms with Gasteiger partial charge in [-0.15, -0.1) is 12.6 Å². The average molecular weight is 231 g/mol. The third-order valence-electron chi connectivity index (χ3n) is 1.80. The van der Waals surface area contributed by atoms with E-state index in [1.54, 1.807) is 19.1 Å². The predicted octanol–water partition coefficient (Wildman–Crippen LogP) is 2.87. The Morgan fingerprint density at radius 1 is 1.57 bits per heavy atom. The quantitative estimate of drug-likeness (QED) is 0.809. The van der Waals surface area contributed by atoms with E-state index in [0.717, 1.165) is 5.56 Å². The minimum Gasteiger partial charge on any atom is -0.482 e. The Morgan fingerprint density at radius 2 is 2.21 bits per heavy atom. The van der Waals surface area contributed by atoms with Crippen LogP contribution < -0.4 is 4.74 Å². The molecular weight excluding hydrogens is 220 g/mol. The van der Waals surface area contributed by atoms with Gasteiger partial charge in [-0.05, 0) is 31.5 Å². The summed E-state index contributed by atoms with van der Waals surface area (Å²) in [5.41, 5.74) is 0.941. The van der Waals surface area contributed by atoms with Crippen molar-refractivity contribution in [3.05, 3.63) is 28.8 Å². The van der Waals surface area contributed by atoms with Crippen LogP contribution in [0.4, 0.5) is 0 Å². The van der Waals surface area contributed by atoms with E-state index in [1.165, 1.54) is 0 Å². The molecule has 1 aromatic rings. The summed E-state index contributed by atoms with van der Waals surface area (Å²) in [5, 5.41) is 0.286. The zero-order chi connectivity index (χ0) is 10.7. The highest BCUT2D eigenvalue weighted by Gasteiger charge is 2.11. The predicted molar refractivity (Wildman–Crippen MR) is 60.3 cm³/mol. The van der Waals surface area contributed by atoms with Crippen molar-refractivity contribution in [2.45, 2.75) is 20.0 Å². The lowest BCUT2D eigenvalue weighted by molar-refractivity contribution is -0.116. The molecule has 0 amide bonds. The number of aryl methyl sites for hydroxylation is 1. The third kappa shape index (κ3) is 2.93. The third-order valence-corrected chi connectivity index (χ3v) is 2.40. The molecule has 0 radical (unpaired) electrons. The van der Waals surface area contributed by atoms with Gasteiger partial charge in [-0.1, -0.05) is 17.7 Å². The monoisotopic (exact) mass is 230 g/mol. The highest BCUT2D eigenvalue weighted by atomic mass is 35.5. The van der Waals surface area contributed by atoms with Crippen LogP contribution in [0.5, 0.6) is 5.75 Å². The molecule has 0 fully saturated rings. The van der Waals surface area contributed by atoms with Gasteiger partial charge in [0.15, 0.2) is 6.10 Å². The Balaban J connectivity index is 2.85. The average Bonchev–Trinajstić information content (AvgIpc) is 2.11. The van der Waals surface area contributed by atoms with Gasteiger partial charge in [-0.3, -0.25) is 4.79 Å². The van der Waals surface area contributed by atoms with Crippen molar-refractivity contribution in [2.75, 3.05) is 0 Å². The zero-order valence-corrected chi connectivity index (χ0v) is 9.60. The van der Waals surface area contributed by atoms with Gasteiger partial charge >= 0.3 is 0 Å². The van der Waals surface area contributed by atoms with Crippen LogP contribution in [0.15, 0.2) is 18.2 Å². The first-order chi connectivity index (χ1) is 6.50. The van der Waals surface area contributed by atoms with Crippen molar-refractivity contribution in [3.8, 4) is 5.75 Å². The molecule has 1 aromatic carbocycles. The van der Waals surface area contributed by atoms with Gasteiger partial charge in [0.2, 0.25) is 5.12 Å². The molecule has 0 saturated carbocycles. The second kappa shape index (κ2) is 4.71. The van der Waals surface area contributed by atoms with E-state index in [1.807, 2.05) is 13.0 Å². The van der Waals surface area contributed by atoms with E-state index in [0.29, 0.717) is 10.8 Å². The molecule has 0 bridgehead atoms. The lowest BCUT2D eigenvalue weighted by atomic mass is 10.2. The number of rotatable bonds is 3. The second-order valence-electron chi connectivity index (χ2n) is 3.01. The Hall–Kier alpha value is -0.670. The fraction of sp³-hybridized carbons (Fsp3) is 0.300. The highest BCUT2D eigenvalue weighted by molar-refractivity contribution is 7.96. The fourth-order valence-corrected chi connectivity index (χ4v) is 1.16. The summed E-state index contributed by atoms with van der Waals surface area (Å²) < 4.78 is 5.38. The number of carbonyl (C=O) groups is 1. The van der Waals surface area contributed by atoms with E-state index < -0.39 is 6.10 Å². The van der Waals surface area contributed by atoms with E-state index in [-0.39, 0.29) is 5.12 Å². The number of thiol groups is 1. The van der Waals surface area contributed by atoms with Gasteiger partial charge in [0.25, 0.3) is 0 Å². The van der Waals surface area contributed by atoms with Crippen molar-refractivity contribution in [1.29, 1.82) is 0 Å². The topological polar surface area (TPSA) is 26.3 Å². The van der Waals surface area contributed by atoms with Gasteiger partial charge in [-0.25, -0.2) is 0 Å². The van der Waals surface area contributed by atoms with E-state index in [4.69, 9.17) is 16.3 Å². The summed E-state index contributed by atoms with van der Waals surface area (Å²) >= 11 is 9.48. The van der Waals surface area contributed by atoms with Crippen molar-refractivity contribution in [2.24, 2.45) is 0 Å². The van der Waals surface area contributed by atoms with Crippen LogP contribution in [-0.2, 0) is 4.79 Å². The molecule has 14 heavy (non-hydrogen) atoms. The molecule has 4 heteroatoms. The summed E-state index contributed by atoms with van der Waals surface area (Å²) in [5.74, 6) is 0.618. The highest BCUT2D eigenvalue weighted by Crippen LogP contribution is 2.23. The summed E-state index contributed by atoms with van der Waals surface area (Å²) in [6, 6.07) is 5.30. The maximum Gasteiger partial charge on any atom is 0.226 e. The van der Waals surface area contributed by atoms with Crippen molar-refractivity contribution < 1.29 is 9.53 Å². The van der Waals surface area contributed by atoms with Crippen LogP contribution in [-0.4, -0.2) is 11.2 Å². The van der Waals surface area contributed by atoms with Gasteiger partial charge in [-0.2, -0.15) is 0 Å². The standard InChI is InChI=1S/C10H11ClO2S/c1-6-3-4-8(11)5-9(6)13-7(2)10(12)14/h3-5,7H,1-2H3,(H,12,14). The lowest BCUT2D eigenvalue weighted by Crippen LogP contribution is -2.19. The number of hydrogen-bond donors (Lipinski definition) is 1. The smallest absolute Gasteiger partial charge is 0.226 e. The van der Waals surface area contributed by atoms with Crippen LogP contribution in [0.25, 0.3) is 0 Å². The first kappa shape index (κ1) is 11.4. The summed E-state index contributed by atoms with van der Waals surface area (Å²) in [6.07, 6.45) is -0.560. The largest absolute Gasteiger partial charge is 0.482 e. The Kier molecular flexibility index (Phi) is 3.84. The first-order valence-electron chi connectivity index (χ1n) is 4.16. The van der Waals surface area contributed by atoms with E-state index in [9.17, 15) is 4.79 Å². The van der Waals surface area contributed by atoms with E-state index in [2.05, 4.69) is 12.6 Å². The molecule has 0 spiro atoms. The lowest BCUT2D eigenvalue weighted by Gasteiger charge is -2.13. The van der Waals surface area contributed by atoms with Gasteiger partial charge < -0.3 is 4.74 Å². The molecule has 0 aliphatic heterocycles. The molecule has 1 unspecified atom stereocenters. The molecule has 2 nitrogen and oxygen atoms in total. The number of hydrogen-bond acceptors (Lipinski definition) is 2. The second-order valence-corrected chi connectivity index (χ2v) is 3.89. The maximum atomic E-state index is 10.9. The van der Waals surface area contributed by atoms with Crippen LogP contribution in [0.2, 0.25) is 5.02 Å². The molecule has 76 valence electrons. The van der Waals surface area contributed by atoms with Gasteiger partial charge in [0.05, 0.1) is 0 Å². The van der Waals surface area contributed by atoms with Crippen molar-refractivity contribution in [1.82, 2.24) is 0 Å². The Morgan fingerprint density at radius 3 is 2.79 bits per heavy atom. The molecule has 0 N–H and O–H groups in total. The molecule has 0 aliphatic carbocycles. The molecule has 0 aliphatic rings. The van der Waals surface area contributed by atoms with Crippen LogP contribution in [0, 0.1) is 6.92 Å².